The van der Waals surface area contributed by atoms with E-state index in [-0.39, 0.29) is 12.4 Å². The fourth-order valence-corrected chi connectivity index (χ4v) is 1.46. The lowest BCUT2D eigenvalue weighted by Gasteiger charge is -2.01. The van der Waals surface area contributed by atoms with Gasteiger partial charge < -0.3 is 10.1 Å². The van der Waals surface area contributed by atoms with Crippen molar-refractivity contribution >= 4 is 5.78 Å². The minimum absolute atomic E-state index is 0.0768. The van der Waals surface area contributed by atoms with Gasteiger partial charge in [0.25, 0.3) is 0 Å². The summed E-state index contributed by atoms with van der Waals surface area (Å²) in [6, 6.07) is 5.71. The number of benzene rings is 1. The topological polar surface area (TPSA) is 38.3 Å². The second kappa shape index (κ2) is 3.18. The Hall–Kier alpha value is -1.35. The van der Waals surface area contributed by atoms with E-state index in [9.17, 15) is 4.79 Å². The molecule has 0 aromatic heterocycles. The van der Waals surface area contributed by atoms with Gasteiger partial charge in [-0.25, -0.2) is 0 Å². The monoisotopic (exact) mass is 177 g/mol. The van der Waals surface area contributed by atoms with Crippen LogP contribution in [0, 0.1) is 0 Å². The standard InChI is InChI=1S/C10H11NO2/c1-11-5-7-2-3-10-8(4-7)9(12)6-13-10/h2-4,11H,5-6H2,1H3. The number of Topliss-reactive ketones (excluding diaryl/α,β-unsaturated/α-hetero) is 1. The van der Waals surface area contributed by atoms with Gasteiger partial charge in [0.15, 0.2) is 6.61 Å². The molecule has 0 aliphatic carbocycles. The second-order valence-electron chi connectivity index (χ2n) is 3.07. The van der Waals surface area contributed by atoms with E-state index in [1.54, 1.807) is 0 Å². The van der Waals surface area contributed by atoms with Gasteiger partial charge in [0, 0.05) is 6.54 Å². The highest BCUT2D eigenvalue weighted by molar-refractivity contribution is 6.02. The molecule has 0 saturated heterocycles. The lowest BCUT2D eigenvalue weighted by atomic mass is 10.1. The third kappa shape index (κ3) is 1.42. The Kier molecular flexibility index (Phi) is 2.02. The highest BCUT2D eigenvalue weighted by atomic mass is 16.5. The molecule has 1 N–H and O–H groups in total. The average Bonchev–Trinajstić information content (AvgIpc) is 2.49. The molecule has 0 amide bonds. The number of carbonyl (C=O) groups is 1. The number of carbonyl (C=O) groups excluding carboxylic acids is 1. The van der Waals surface area contributed by atoms with Crippen molar-refractivity contribution in [1.82, 2.24) is 5.32 Å². The molecule has 0 unspecified atom stereocenters. The molecule has 3 nitrogen and oxygen atoms in total. The van der Waals surface area contributed by atoms with E-state index >= 15 is 0 Å². The van der Waals surface area contributed by atoms with Crippen LogP contribution in [-0.2, 0) is 6.54 Å². The van der Waals surface area contributed by atoms with Crippen LogP contribution in [0.25, 0.3) is 0 Å². The van der Waals surface area contributed by atoms with Crippen LogP contribution < -0.4 is 10.1 Å². The predicted octanol–water partition coefficient (Wildman–Crippen LogP) is 0.981. The molecular weight excluding hydrogens is 166 g/mol. The van der Waals surface area contributed by atoms with E-state index in [0.29, 0.717) is 11.3 Å². The van der Waals surface area contributed by atoms with Gasteiger partial charge in [0.1, 0.15) is 5.75 Å². The predicted molar refractivity (Wildman–Crippen MR) is 49.0 cm³/mol. The molecule has 0 saturated carbocycles. The van der Waals surface area contributed by atoms with Gasteiger partial charge in [0.2, 0.25) is 5.78 Å². The Morgan fingerprint density at radius 3 is 3.15 bits per heavy atom. The first-order valence-corrected chi connectivity index (χ1v) is 4.25. The van der Waals surface area contributed by atoms with Gasteiger partial charge in [-0.3, -0.25) is 4.79 Å². The van der Waals surface area contributed by atoms with E-state index in [1.165, 1.54) is 0 Å². The van der Waals surface area contributed by atoms with E-state index in [1.807, 2.05) is 25.2 Å². The maximum absolute atomic E-state index is 11.3. The van der Waals surface area contributed by atoms with Gasteiger partial charge in [0.05, 0.1) is 5.56 Å². The molecule has 0 fully saturated rings. The Bertz CT molecular complexity index is 347. The van der Waals surface area contributed by atoms with Crippen molar-refractivity contribution in [2.75, 3.05) is 13.7 Å². The zero-order valence-electron chi connectivity index (χ0n) is 7.46. The number of rotatable bonds is 2. The summed E-state index contributed by atoms with van der Waals surface area (Å²) in [5, 5.41) is 3.04. The fraction of sp³-hybridized carbons (Fsp3) is 0.300. The Labute approximate surface area is 76.7 Å². The number of hydrogen-bond acceptors (Lipinski definition) is 3. The fourth-order valence-electron chi connectivity index (χ4n) is 1.46. The summed E-state index contributed by atoms with van der Waals surface area (Å²) < 4.78 is 5.17. The number of hydrogen-bond donors (Lipinski definition) is 1. The van der Waals surface area contributed by atoms with Crippen LogP contribution in [0.2, 0.25) is 0 Å². The molecule has 3 heteroatoms. The lowest BCUT2D eigenvalue weighted by Crippen LogP contribution is -2.05. The first kappa shape index (κ1) is 8.26. The van der Waals surface area contributed by atoms with Crippen molar-refractivity contribution in [2.24, 2.45) is 0 Å². The summed E-state index contributed by atoms with van der Waals surface area (Å²) in [5.74, 6) is 0.790. The minimum Gasteiger partial charge on any atom is -0.485 e. The molecule has 0 spiro atoms. The molecule has 0 bridgehead atoms. The molecule has 2 rings (SSSR count). The Morgan fingerprint density at radius 1 is 1.54 bits per heavy atom. The zero-order chi connectivity index (χ0) is 9.26. The molecule has 1 aromatic rings. The van der Waals surface area contributed by atoms with E-state index in [4.69, 9.17) is 4.74 Å². The highest BCUT2D eigenvalue weighted by Gasteiger charge is 2.20. The van der Waals surface area contributed by atoms with Crippen LogP contribution in [0.3, 0.4) is 0 Å². The average molecular weight is 177 g/mol. The molecule has 68 valence electrons. The number of ether oxygens (including phenoxy) is 1. The molecule has 13 heavy (non-hydrogen) atoms. The molecule has 1 aliphatic rings. The van der Waals surface area contributed by atoms with Crippen molar-refractivity contribution < 1.29 is 9.53 Å². The molecule has 0 atom stereocenters. The summed E-state index contributed by atoms with van der Waals surface area (Å²) in [6.45, 7) is 0.971. The third-order valence-electron chi connectivity index (χ3n) is 2.08. The second-order valence-corrected chi connectivity index (χ2v) is 3.07. The summed E-state index contributed by atoms with van der Waals surface area (Å²) in [7, 11) is 1.88. The van der Waals surface area contributed by atoms with Gasteiger partial charge >= 0.3 is 0 Å². The van der Waals surface area contributed by atoms with E-state index < -0.39 is 0 Å². The zero-order valence-corrected chi connectivity index (χ0v) is 7.46. The molecule has 0 radical (unpaired) electrons. The number of ketones is 1. The lowest BCUT2D eigenvalue weighted by molar-refractivity contribution is 0.0961. The van der Waals surface area contributed by atoms with Crippen LogP contribution in [0.1, 0.15) is 15.9 Å². The molecule has 1 aliphatic heterocycles. The first-order valence-electron chi connectivity index (χ1n) is 4.25. The summed E-state index contributed by atoms with van der Waals surface area (Å²) in [5.41, 5.74) is 1.83. The first-order chi connectivity index (χ1) is 6.31. The number of nitrogens with one attached hydrogen (secondary N) is 1. The maximum atomic E-state index is 11.3. The molecule has 1 aromatic carbocycles. The van der Waals surface area contributed by atoms with Crippen molar-refractivity contribution in [3.05, 3.63) is 29.3 Å². The van der Waals surface area contributed by atoms with Crippen LogP contribution in [0.15, 0.2) is 18.2 Å². The summed E-state index contributed by atoms with van der Waals surface area (Å²) in [4.78, 5) is 11.3. The normalized spacial score (nSPS) is 14.1. The largest absolute Gasteiger partial charge is 0.485 e. The minimum atomic E-state index is 0.0768. The van der Waals surface area contributed by atoms with E-state index in [2.05, 4.69) is 5.32 Å². The maximum Gasteiger partial charge on any atom is 0.203 e. The molecular formula is C10H11NO2. The summed E-state index contributed by atoms with van der Waals surface area (Å²) >= 11 is 0. The smallest absolute Gasteiger partial charge is 0.203 e. The van der Waals surface area contributed by atoms with Crippen LogP contribution in [0.4, 0.5) is 0 Å². The summed E-state index contributed by atoms with van der Waals surface area (Å²) in [6.07, 6.45) is 0. The van der Waals surface area contributed by atoms with Crippen LogP contribution >= 0.6 is 0 Å². The molecule has 1 heterocycles. The van der Waals surface area contributed by atoms with Crippen LogP contribution in [-0.4, -0.2) is 19.4 Å². The SMILES string of the molecule is CNCc1ccc2c(c1)C(=O)CO2. The van der Waals surface area contributed by atoms with Gasteiger partial charge in [-0.1, -0.05) is 6.07 Å². The van der Waals surface area contributed by atoms with Crippen LogP contribution in [0.5, 0.6) is 5.75 Å². The Balaban J connectivity index is 2.36. The quantitative estimate of drug-likeness (QED) is 0.731. The van der Waals surface area contributed by atoms with E-state index in [0.717, 1.165) is 12.1 Å². The van der Waals surface area contributed by atoms with Gasteiger partial charge in [-0.15, -0.1) is 0 Å². The number of fused-ring (bicyclic) bond motifs is 1. The van der Waals surface area contributed by atoms with Gasteiger partial charge in [-0.2, -0.15) is 0 Å². The third-order valence-corrected chi connectivity index (χ3v) is 2.08. The van der Waals surface area contributed by atoms with Crippen molar-refractivity contribution in [3.63, 3.8) is 0 Å². The van der Waals surface area contributed by atoms with Crippen molar-refractivity contribution in [1.29, 1.82) is 0 Å². The van der Waals surface area contributed by atoms with Crippen molar-refractivity contribution in [2.45, 2.75) is 6.54 Å². The Morgan fingerprint density at radius 2 is 2.38 bits per heavy atom. The van der Waals surface area contributed by atoms with Crippen molar-refractivity contribution in [3.8, 4) is 5.75 Å². The van der Waals surface area contributed by atoms with Gasteiger partial charge in [-0.05, 0) is 24.7 Å². The highest BCUT2D eigenvalue weighted by Crippen LogP contribution is 2.25.